The van der Waals surface area contributed by atoms with E-state index in [0.29, 0.717) is 5.82 Å². The number of ketones is 1. The Hall–Kier alpha value is -4.66. The van der Waals surface area contributed by atoms with Gasteiger partial charge in [-0.1, -0.05) is 92.7 Å². The molecular weight excluding hydrogens is 506 g/mol. The summed E-state index contributed by atoms with van der Waals surface area (Å²) in [6.45, 7) is 5.48. The number of aromatic nitrogens is 4. The second-order valence-corrected chi connectivity index (χ2v) is 9.94. The molecule has 40 heavy (non-hydrogen) atoms. The van der Waals surface area contributed by atoms with E-state index in [2.05, 4.69) is 20.6 Å². The molecule has 0 aliphatic rings. The van der Waals surface area contributed by atoms with Crippen LogP contribution in [0.4, 0.5) is 0 Å². The molecule has 0 spiro atoms. The van der Waals surface area contributed by atoms with Crippen LogP contribution in [0.5, 0.6) is 0 Å². The van der Waals surface area contributed by atoms with Crippen molar-refractivity contribution in [2.45, 2.75) is 52.8 Å². The van der Waals surface area contributed by atoms with Gasteiger partial charge in [-0.25, -0.2) is 4.79 Å². The summed E-state index contributed by atoms with van der Waals surface area (Å²) in [5.74, 6) is -0.644. The lowest BCUT2D eigenvalue weighted by atomic mass is 9.93. The van der Waals surface area contributed by atoms with Crippen molar-refractivity contribution in [1.29, 1.82) is 0 Å². The number of carbonyl (C=O) groups is 3. The van der Waals surface area contributed by atoms with Crippen LogP contribution in [-0.2, 0) is 32.3 Å². The van der Waals surface area contributed by atoms with Crippen LogP contribution >= 0.6 is 0 Å². The number of nitrogens with one attached hydrogen (secondary N) is 1. The van der Waals surface area contributed by atoms with Crippen LogP contribution in [0, 0.1) is 5.92 Å². The quantitative estimate of drug-likeness (QED) is 0.252. The summed E-state index contributed by atoms with van der Waals surface area (Å²) in [7, 11) is 0. The molecule has 9 heteroatoms. The average Bonchev–Trinajstić information content (AvgIpc) is 3.50. The van der Waals surface area contributed by atoms with Gasteiger partial charge in [-0.2, -0.15) is 5.21 Å². The molecule has 0 unspecified atom stereocenters. The lowest BCUT2D eigenvalue weighted by Crippen LogP contribution is -2.48. The summed E-state index contributed by atoms with van der Waals surface area (Å²) in [4.78, 5) is 40.4. The van der Waals surface area contributed by atoms with Gasteiger partial charge < -0.3 is 14.4 Å². The molecule has 1 amide bonds. The third kappa shape index (κ3) is 7.05. The summed E-state index contributed by atoms with van der Waals surface area (Å²) in [6.07, 6.45) is 0.105. The molecule has 0 aliphatic heterocycles. The van der Waals surface area contributed by atoms with E-state index < -0.39 is 12.0 Å². The smallest absolute Gasteiger partial charge is 0.329 e. The first-order chi connectivity index (χ1) is 19.3. The van der Waals surface area contributed by atoms with Gasteiger partial charge in [-0.15, -0.1) is 10.2 Å². The van der Waals surface area contributed by atoms with Gasteiger partial charge in [0.15, 0.2) is 0 Å². The zero-order valence-electron chi connectivity index (χ0n) is 22.9. The number of tetrazole rings is 1. The molecule has 0 aliphatic carbocycles. The molecule has 1 atom stereocenters. The molecule has 3 aromatic carbocycles. The summed E-state index contributed by atoms with van der Waals surface area (Å²) >= 11 is 0. The lowest BCUT2D eigenvalue weighted by molar-refractivity contribution is -0.159. The zero-order chi connectivity index (χ0) is 28.5. The molecular formula is C31H33N5O4. The van der Waals surface area contributed by atoms with Crippen molar-refractivity contribution in [2.24, 2.45) is 5.92 Å². The number of H-pyrrole nitrogens is 1. The van der Waals surface area contributed by atoms with Crippen LogP contribution in [-0.4, -0.2) is 49.2 Å². The van der Waals surface area contributed by atoms with E-state index in [0.717, 1.165) is 27.8 Å². The fraction of sp³-hybridized carbons (Fsp3) is 0.290. The van der Waals surface area contributed by atoms with Crippen LogP contribution in [0.3, 0.4) is 0 Å². The Morgan fingerprint density at radius 1 is 0.850 bits per heavy atom. The van der Waals surface area contributed by atoms with Crippen LogP contribution in [0.25, 0.3) is 22.5 Å². The minimum absolute atomic E-state index is 0.00608. The van der Waals surface area contributed by atoms with E-state index in [1.807, 2.05) is 92.7 Å². The maximum absolute atomic E-state index is 13.6. The molecule has 4 aromatic rings. The molecule has 1 aromatic heterocycles. The highest BCUT2D eigenvalue weighted by Gasteiger charge is 2.34. The minimum Gasteiger partial charge on any atom is -0.459 e. The van der Waals surface area contributed by atoms with Crippen molar-refractivity contribution in [3.05, 3.63) is 90.0 Å². The Balaban J connectivity index is 1.69. The van der Waals surface area contributed by atoms with E-state index in [9.17, 15) is 14.4 Å². The number of amides is 1. The largest absolute Gasteiger partial charge is 0.459 e. The van der Waals surface area contributed by atoms with Gasteiger partial charge in [0.2, 0.25) is 11.7 Å². The standard InChI is InChI=1S/C31H33N5O4/c1-21(2)29(31(39)40-20-23-11-5-4-6-12-23)36(28(38)18-17-22(3)37)19-24-13-7-8-14-25(24)26-15-9-10-16-27(26)30-32-34-35-33-30/h4-16,21,29H,17-20H2,1-3H3,(H,32,33,34,35)/t29-/m0/s1. The number of esters is 1. The minimum atomic E-state index is -0.844. The van der Waals surface area contributed by atoms with Crippen molar-refractivity contribution in [1.82, 2.24) is 25.5 Å². The predicted octanol–water partition coefficient (Wildman–Crippen LogP) is 5.00. The lowest BCUT2D eigenvalue weighted by Gasteiger charge is -2.33. The monoisotopic (exact) mass is 539 g/mol. The van der Waals surface area contributed by atoms with Crippen molar-refractivity contribution >= 4 is 17.7 Å². The number of nitrogens with zero attached hydrogens (tertiary/aromatic N) is 4. The Morgan fingerprint density at radius 2 is 1.50 bits per heavy atom. The van der Waals surface area contributed by atoms with Gasteiger partial charge >= 0.3 is 5.97 Å². The van der Waals surface area contributed by atoms with Crippen LogP contribution in [0.2, 0.25) is 0 Å². The van der Waals surface area contributed by atoms with E-state index in [4.69, 9.17) is 4.74 Å². The fourth-order valence-electron chi connectivity index (χ4n) is 4.63. The van der Waals surface area contributed by atoms with Crippen molar-refractivity contribution < 1.29 is 19.1 Å². The van der Waals surface area contributed by atoms with E-state index in [-0.39, 0.29) is 43.6 Å². The average molecular weight is 540 g/mol. The van der Waals surface area contributed by atoms with Crippen LogP contribution in [0.1, 0.15) is 44.7 Å². The molecule has 1 N–H and O–H groups in total. The van der Waals surface area contributed by atoms with E-state index in [1.54, 1.807) is 4.90 Å². The Kier molecular flexibility index (Phi) is 9.51. The molecule has 0 saturated heterocycles. The number of benzene rings is 3. The molecule has 1 heterocycles. The highest BCUT2D eigenvalue weighted by atomic mass is 16.5. The number of hydrogen-bond acceptors (Lipinski definition) is 7. The highest BCUT2D eigenvalue weighted by Crippen LogP contribution is 2.33. The number of aromatic amines is 1. The summed E-state index contributed by atoms with van der Waals surface area (Å²) in [5, 5.41) is 14.5. The molecule has 0 saturated carbocycles. The number of hydrogen-bond donors (Lipinski definition) is 1. The number of Topliss-reactive ketones (excluding diaryl/α,β-unsaturated/α-hetero) is 1. The van der Waals surface area contributed by atoms with Crippen molar-refractivity contribution in [2.75, 3.05) is 0 Å². The first-order valence-electron chi connectivity index (χ1n) is 13.3. The van der Waals surface area contributed by atoms with Gasteiger partial charge in [0.1, 0.15) is 18.4 Å². The van der Waals surface area contributed by atoms with Gasteiger partial charge in [0, 0.05) is 24.9 Å². The Bertz CT molecular complexity index is 1440. The number of ether oxygens (including phenoxy) is 1. The summed E-state index contributed by atoms with van der Waals surface area (Å²) in [5.41, 5.74) is 4.20. The van der Waals surface area contributed by atoms with E-state index in [1.165, 1.54) is 6.92 Å². The fourth-order valence-corrected chi connectivity index (χ4v) is 4.63. The van der Waals surface area contributed by atoms with Gasteiger partial charge in [0.05, 0.1) is 0 Å². The first kappa shape index (κ1) is 28.4. The molecule has 0 radical (unpaired) electrons. The number of carbonyl (C=O) groups excluding carboxylic acids is 3. The topological polar surface area (TPSA) is 118 Å². The molecule has 4 rings (SSSR count). The third-order valence-electron chi connectivity index (χ3n) is 6.61. The van der Waals surface area contributed by atoms with Gasteiger partial charge in [0.25, 0.3) is 0 Å². The van der Waals surface area contributed by atoms with Crippen LogP contribution < -0.4 is 0 Å². The first-order valence-corrected chi connectivity index (χ1v) is 13.3. The zero-order valence-corrected chi connectivity index (χ0v) is 22.9. The maximum Gasteiger partial charge on any atom is 0.329 e. The Labute approximate surface area is 233 Å². The van der Waals surface area contributed by atoms with Crippen LogP contribution in [0.15, 0.2) is 78.9 Å². The maximum atomic E-state index is 13.6. The van der Waals surface area contributed by atoms with Gasteiger partial charge in [-0.3, -0.25) is 4.79 Å². The molecule has 206 valence electrons. The van der Waals surface area contributed by atoms with Crippen molar-refractivity contribution in [3.63, 3.8) is 0 Å². The normalized spacial score (nSPS) is 11.7. The molecule has 0 bridgehead atoms. The SMILES string of the molecule is CC(=O)CCC(=O)N(Cc1ccccc1-c1ccccc1-c1nn[nH]n1)[C@H](C(=O)OCc1ccccc1)C(C)C. The molecule has 0 fully saturated rings. The predicted molar refractivity (Wildman–Crippen MR) is 150 cm³/mol. The Morgan fingerprint density at radius 3 is 2.15 bits per heavy atom. The van der Waals surface area contributed by atoms with Crippen molar-refractivity contribution in [3.8, 4) is 22.5 Å². The van der Waals surface area contributed by atoms with Gasteiger partial charge in [-0.05, 0) is 40.3 Å². The number of rotatable bonds is 12. The highest BCUT2D eigenvalue weighted by molar-refractivity contribution is 5.88. The summed E-state index contributed by atoms with van der Waals surface area (Å²) in [6, 6.07) is 24.0. The second kappa shape index (κ2) is 13.4. The molecule has 9 nitrogen and oxygen atoms in total. The third-order valence-corrected chi connectivity index (χ3v) is 6.61. The summed E-state index contributed by atoms with van der Waals surface area (Å²) < 4.78 is 5.70. The second-order valence-electron chi connectivity index (χ2n) is 9.94. The van der Waals surface area contributed by atoms with E-state index >= 15 is 0 Å².